The molecular formula is C10H12NO. The second-order valence-electron chi connectivity index (χ2n) is 3.02. The molecular weight excluding hydrogens is 150 g/mol. The van der Waals surface area contributed by atoms with Crippen molar-refractivity contribution in [1.82, 2.24) is 0 Å². The fraction of sp³-hybridized carbons (Fsp3) is 0.400. The first-order valence-electron chi connectivity index (χ1n) is 4.22. The van der Waals surface area contributed by atoms with Crippen LogP contribution in [0.2, 0.25) is 0 Å². The van der Waals surface area contributed by atoms with Crippen molar-refractivity contribution in [3.63, 3.8) is 0 Å². The monoisotopic (exact) mass is 162 g/mol. The molecule has 2 heteroatoms. The molecule has 0 N–H and O–H groups in total. The first kappa shape index (κ1) is 7.47. The largest absolute Gasteiger partial charge is 0.491 e. The van der Waals surface area contributed by atoms with E-state index in [-0.39, 0.29) is 0 Å². The van der Waals surface area contributed by atoms with Crippen molar-refractivity contribution in [3.8, 4) is 5.75 Å². The van der Waals surface area contributed by atoms with Gasteiger partial charge in [-0.3, -0.25) is 0 Å². The molecule has 0 fully saturated rings. The van der Waals surface area contributed by atoms with Crippen molar-refractivity contribution in [3.05, 3.63) is 24.3 Å². The molecule has 0 aromatic heterocycles. The first-order valence-corrected chi connectivity index (χ1v) is 4.22. The van der Waals surface area contributed by atoms with E-state index >= 15 is 0 Å². The normalized spacial score (nSPS) is 16.2. The van der Waals surface area contributed by atoms with Gasteiger partial charge in [0.15, 0.2) is 0 Å². The van der Waals surface area contributed by atoms with E-state index in [2.05, 4.69) is 18.0 Å². The number of anilines is 1. The van der Waals surface area contributed by atoms with E-state index in [0.717, 1.165) is 31.0 Å². The number of ether oxygens (including phenoxy) is 1. The molecule has 0 saturated heterocycles. The quantitative estimate of drug-likeness (QED) is 0.575. The summed E-state index contributed by atoms with van der Waals surface area (Å²) in [4.78, 5) is 2.21. The molecule has 1 aromatic rings. The number of hydrogen-bond donors (Lipinski definition) is 0. The minimum atomic E-state index is 0.821. The van der Waals surface area contributed by atoms with Crippen LogP contribution in [0.3, 0.4) is 0 Å². The fourth-order valence-corrected chi connectivity index (χ4v) is 1.43. The molecule has 0 spiro atoms. The molecule has 0 bridgehead atoms. The zero-order valence-electron chi connectivity index (χ0n) is 7.21. The molecule has 0 aliphatic carbocycles. The van der Waals surface area contributed by atoms with Crippen LogP contribution in [0.15, 0.2) is 18.2 Å². The number of benzene rings is 1. The predicted molar refractivity (Wildman–Crippen MR) is 48.7 cm³/mol. The number of rotatable bonds is 0. The maximum atomic E-state index is 5.56. The van der Waals surface area contributed by atoms with Crippen LogP contribution in [-0.4, -0.2) is 20.2 Å². The first-order chi connectivity index (χ1) is 5.88. The molecule has 1 aromatic carbocycles. The van der Waals surface area contributed by atoms with Gasteiger partial charge in [-0.1, -0.05) is 6.07 Å². The highest BCUT2D eigenvalue weighted by Gasteiger charge is 2.11. The molecule has 63 valence electrons. The Kier molecular flexibility index (Phi) is 1.90. The Morgan fingerprint density at radius 2 is 2.50 bits per heavy atom. The molecule has 0 atom stereocenters. The van der Waals surface area contributed by atoms with Crippen LogP contribution in [0.1, 0.15) is 6.42 Å². The van der Waals surface area contributed by atoms with Crippen molar-refractivity contribution in [2.45, 2.75) is 6.42 Å². The van der Waals surface area contributed by atoms with E-state index in [9.17, 15) is 0 Å². The van der Waals surface area contributed by atoms with Crippen molar-refractivity contribution in [2.24, 2.45) is 0 Å². The van der Waals surface area contributed by atoms with Gasteiger partial charge in [0.05, 0.1) is 12.3 Å². The summed E-state index contributed by atoms with van der Waals surface area (Å²) in [6.45, 7) is 1.88. The highest BCUT2D eigenvalue weighted by Crippen LogP contribution is 2.28. The van der Waals surface area contributed by atoms with E-state index in [1.165, 1.54) is 0 Å². The van der Waals surface area contributed by atoms with Gasteiger partial charge in [0, 0.05) is 13.6 Å². The summed E-state index contributed by atoms with van der Waals surface area (Å²) in [5, 5.41) is 0. The molecule has 0 amide bonds. The predicted octanol–water partition coefficient (Wildman–Crippen LogP) is 1.71. The maximum absolute atomic E-state index is 5.56. The Labute approximate surface area is 72.8 Å². The molecule has 1 aliphatic heterocycles. The van der Waals surface area contributed by atoms with E-state index in [0.29, 0.717) is 0 Å². The summed E-state index contributed by atoms with van der Waals surface area (Å²) in [6, 6.07) is 8.89. The molecule has 2 rings (SSSR count). The van der Waals surface area contributed by atoms with Gasteiger partial charge in [0.25, 0.3) is 0 Å². The van der Waals surface area contributed by atoms with Crippen LogP contribution in [-0.2, 0) is 0 Å². The molecule has 1 radical (unpaired) electrons. The Morgan fingerprint density at radius 1 is 1.58 bits per heavy atom. The minimum absolute atomic E-state index is 0.821. The minimum Gasteiger partial charge on any atom is -0.491 e. The SMILES string of the molecule is CN1CCCOc2cc[c]cc21. The summed E-state index contributed by atoms with van der Waals surface area (Å²) in [6.07, 6.45) is 1.09. The van der Waals surface area contributed by atoms with Crippen molar-refractivity contribution in [1.29, 1.82) is 0 Å². The Hall–Kier alpha value is -1.18. The lowest BCUT2D eigenvalue weighted by Gasteiger charge is -2.16. The summed E-state index contributed by atoms with van der Waals surface area (Å²) >= 11 is 0. The Morgan fingerprint density at radius 3 is 3.42 bits per heavy atom. The van der Waals surface area contributed by atoms with Gasteiger partial charge in [-0.25, -0.2) is 0 Å². The third-order valence-electron chi connectivity index (χ3n) is 2.11. The second kappa shape index (κ2) is 3.05. The van der Waals surface area contributed by atoms with Gasteiger partial charge in [0.1, 0.15) is 5.75 Å². The maximum Gasteiger partial charge on any atom is 0.142 e. The van der Waals surface area contributed by atoms with Crippen LogP contribution in [0.5, 0.6) is 5.75 Å². The van der Waals surface area contributed by atoms with Gasteiger partial charge in [0.2, 0.25) is 0 Å². The number of hydrogen-bond acceptors (Lipinski definition) is 2. The Bertz CT molecular complexity index is 272. The van der Waals surface area contributed by atoms with Crippen LogP contribution in [0.25, 0.3) is 0 Å². The second-order valence-corrected chi connectivity index (χ2v) is 3.02. The van der Waals surface area contributed by atoms with Crippen LogP contribution >= 0.6 is 0 Å². The summed E-state index contributed by atoms with van der Waals surface area (Å²) in [5.74, 6) is 0.980. The topological polar surface area (TPSA) is 12.5 Å². The smallest absolute Gasteiger partial charge is 0.142 e. The lowest BCUT2D eigenvalue weighted by Crippen LogP contribution is -2.17. The lowest BCUT2D eigenvalue weighted by atomic mass is 10.3. The summed E-state index contributed by atoms with van der Waals surface area (Å²) in [7, 11) is 2.08. The zero-order chi connectivity index (χ0) is 8.39. The Balaban J connectivity index is 2.39. The van der Waals surface area contributed by atoms with Gasteiger partial charge in [-0.2, -0.15) is 0 Å². The van der Waals surface area contributed by atoms with Crippen molar-refractivity contribution in [2.75, 3.05) is 25.1 Å². The number of fused-ring (bicyclic) bond motifs is 1. The third-order valence-corrected chi connectivity index (χ3v) is 2.11. The molecule has 0 saturated carbocycles. The van der Waals surface area contributed by atoms with Crippen molar-refractivity contribution >= 4 is 5.69 Å². The highest BCUT2D eigenvalue weighted by molar-refractivity contribution is 5.57. The van der Waals surface area contributed by atoms with E-state index in [1.54, 1.807) is 0 Å². The fourth-order valence-electron chi connectivity index (χ4n) is 1.43. The van der Waals surface area contributed by atoms with Crippen LogP contribution in [0.4, 0.5) is 5.69 Å². The van der Waals surface area contributed by atoms with E-state index < -0.39 is 0 Å². The molecule has 0 unspecified atom stereocenters. The average Bonchev–Trinajstić information content (AvgIpc) is 2.29. The third kappa shape index (κ3) is 1.24. The van der Waals surface area contributed by atoms with Crippen LogP contribution < -0.4 is 9.64 Å². The number of nitrogens with zero attached hydrogens (tertiary/aromatic N) is 1. The summed E-state index contributed by atoms with van der Waals surface area (Å²) < 4.78 is 5.56. The average molecular weight is 162 g/mol. The zero-order valence-corrected chi connectivity index (χ0v) is 7.21. The highest BCUT2D eigenvalue weighted by atomic mass is 16.5. The van der Waals surface area contributed by atoms with E-state index in [1.807, 2.05) is 18.2 Å². The van der Waals surface area contributed by atoms with E-state index in [4.69, 9.17) is 4.74 Å². The van der Waals surface area contributed by atoms with Gasteiger partial charge in [-0.15, -0.1) is 0 Å². The van der Waals surface area contributed by atoms with Crippen LogP contribution in [0, 0.1) is 6.07 Å². The van der Waals surface area contributed by atoms with Gasteiger partial charge in [-0.05, 0) is 24.6 Å². The molecule has 1 heterocycles. The van der Waals surface area contributed by atoms with Crippen molar-refractivity contribution < 1.29 is 4.74 Å². The molecule has 1 aliphatic rings. The molecule has 2 nitrogen and oxygen atoms in total. The lowest BCUT2D eigenvalue weighted by molar-refractivity contribution is 0.322. The van der Waals surface area contributed by atoms with Gasteiger partial charge >= 0.3 is 0 Å². The van der Waals surface area contributed by atoms with Gasteiger partial charge < -0.3 is 9.64 Å². The molecule has 12 heavy (non-hydrogen) atoms. The standard InChI is InChI=1S/C10H12NO/c1-11-7-4-8-12-10-6-3-2-5-9(10)11/h3,5-6H,4,7-8H2,1H3. The summed E-state index contributed by atoms with van der Waals surface area (Å²) in [5.41, 5.74) is 1.15.